The smallest absolute Gasteiger partial charge is 0.341 e. The molecule has 0 fully saturated rings. The number of nitrogens with zero attached hydrogens (tertiary/aromatic N) is 4. The van der Waals surface area contributed by atoms with Gasteiger partial charge < -0.3 is 20.1 Å². The zero-order chi connectivity index (χ0) is 19.1. The van der Waals surface area contributed by atoms with Crippen molar-refractivity contribution in [1.82, 2.24) is 25.2 Å². The van der Waals surface area contributed by atoms with Crippen molar-refractivity contribution in [3.8, 4) is 5.75 Å². The molecule has 0 spiro atoms. The third kappa shape index (κ3) is 5.58. The maximum Gasteiger partial charge on any atom is 0.341 e. The molecular formula is C16H19N5O5. The molecule has 1 heterocycles. The number of amides is 2. The van der Waals surface area contributed by atoms with E-state index in [1.54, 1.807) is 38.4 Å². The van der Waals surface area contributed by atoms with E-state index in [1.165, 1.54) is 15.8 Å². The highest BCUT2D eigenvalue weighted by Gasteiger charge is 2.13. The molecule has 0 unspecified atom stereocenters. The van der Waals surface area contributed by atoms with E-state index in [-0.39, 0.29) is 24.7 Å². The molecule has 1 aromatic heterocycles. The van der Waals surface area contributed by atoms with E-state index in [9.17, 15) is 14.4 Å². The minimum absolute atomic E-state index is 0.00373. The van der Waals surface area contributed by atoms with E-state index in [4.69, 9.17) is 9.84 Å². The molecule has 0 saturated heterocycles. The van der Waals surface area contributed by atoms with Gasteiger partial charge in [0.2, 0.25) is 5.91 Å². The maximum absolute atomic E-state index is 12.1. The molecule has 2 rings (SSSR count). The second kappa shape index (κ2) is 8.60. The summed E-state index contributed by atoms with van der Waals surface area (Å²) >= 11 is 0. The summed E-state index contributed by atoms with van der Waals surface area (Å²) in [7, 11) is 3.25. The van der Waals surface area contributed by atoms with Crippen molar-refractivity contribution in [2.45, 2.75) is 13.1 Å². The SMILES string of the molecule is CN(C)C(=O)Cn1cc(C(=O)NCc2cccc(OCC(=O)O)c2)nn1. The van der Waals surface area contributed by atoms with Crippen molar-refractivity contribution in [2.24, 2.45) is 0 Å². The van der Waals surface area contributed by atoms with Gasteiger partial charge in [0, 0.05) is 20.6 Å². The lowest BCUT2D eigenvalue weighted by molar-refractivity contribution is -0.139. The van der Waals surface area contributed by atoms with Crippen LogP contribution in [0.25, 0.3) is 0 Å². The molecule has 0 aliphatic heterocycles. The molecule has 0 aliphatic rings. The van der Waals surface area contributed by atoms with Crippen LogP contribution < -0.4 is 10.1 Å². The van der Waals surface area contributed by atoms with Crippen LogP contribution in [-0.4, -0.2) is 63.5 Å². The second-order valence-corrected chi connectivity index (χ2v) is 5.60. The number of rotatable bonds is 8. The number of carbonyl (C=O) groups excluding carboxylic acids is 2. The van der Waals surface area contributed by atoms with Gasteiger partial charge >= 0.3 is 5.97 Å². The Kier molecular flexibility index (Phi) is 6.25. The van der Waals surface area contributed by atoms with Gasteiger partial charge in [-0.1, -0.05) is 17.3 Å². The van der Waals surface area contributed by atoms with E-state index in [0.29, 0.717) is 5.75 Å². The Labute approximate surface area is 149 Å². The predicted molar refractivity (Wildman–Crippen MR) is 89.5 cm³/mol. The minimum Gasteiger partial charge on any atom is -0.482 e. The molecule has 26 heavy (non-hydrogen) atoms. The van der Waals surface area contributed by atoms with E-state index in [2.05, 4.69) is 15.6 Å². The Bertz CT molecular complexity index is 802. The molecule has 10 heteroatoms. The van der Waals surface area contributed by atoms with E-state index in [0.717, 1.165) is 5.56 Å². The fourth-order valence-electron chi connectivity index (χ4n) is 1.92. The first-order valence-corrected chi connectivity index (χ1v) is 7.67. The first-order valence-electron chi connectivity index (χ1n) is 7.67. The summed E-state index contributed by atoms with van der Waals surface area (Å²) in [5, 5.41) is 18.8. The van der Waals surface area contributed by atoms with Gasteiger partial charge in [0.25, 0.3) is 5.91 Å². The fraction of sp³-hybridized carbons (Fsp3) is 0.312. The van der Waals surface area contributed by atoms with Crippen LogP contribution in [0.1, 0.15) is 16.1 Å². The molecule has 2 amide bonds. The van der Waals surface area contributed by atoms with E-state index < -0.39 is 18.5 Å². The lowest BCUT2D eigenvalue weighted by Gasteiger charge is -2.08. The summed E-state index contributed by atoms with van der Waals surface area (Å²) in [5.41, 5.74) is 0.825. The van der Waals surface area contributed by atoms with Crippen molar-refractivity contribution < 1.29 is 24.2 Å². The van der Waals surface area contributed by atoms with Crippen molar-refractivity contribution >= 4 is 17.8 Å². The minimum atomic E-state index is -1.07. The van der Waals surface area contributed by atoms with Crippen LogP contribution in [0.4, 0.5) is 0 Å². The van der Waals surface area contributed by atoms with Gasteiger partial charge in [0.05, 0.1) is 6.20 Å². The zero-order valence-electron chi connectivity index (χ0n) is 14.4. The van der Waals surface area contributed by atoms with Gasteiger partial charge in [-0.05, 0) is 17.7 Å². The number of hydrogen-bond donors (Lipinski definition) is 2. The number of benzene rings is 1. The molecule has 0 aliphatic carbocycles. The first kappa shape index (κ1) is 18.9. The number of carbonyl (C=O) groups is 3. The summed E-state index contributed by atoms with van der Waals surface area (Å²) in [5.74, 6) is -1.28. The van der Waals surface area contributed by atoms with Crippen LogP contribution in [0.5, 0.6) is 5.75 Å². The summed E-state index contributed by atoms with van der Waals surface area (Å²) in [6.45, 7) is -0.243. The number of ether oxygens (including phenoxy) is 1. The average Bonchev–Trinajstić information content (AvgIpc) is 3.06. The Morgan fingerprint density at radius 3 is 2.77 bits per heavy atom. The van der Waals surface area contributed by atoms with Crippen molar-refractivity contribution in [1.29, 1.82) is 0 Å². The number of carboxylic acid groups (broad SMARTS) is 1. The van der Waals surface area contributed by atoms with E-state index >= 15 is 0 Å². The summed E-state index contributed by atoms with van der Waals surface area (Å²) < 4.78 is 6.37. The summed E-state index contributed by atoms with van der Waals surface area (Å²) in [6.07, 6.45) is 1.39. The number of hydrogen-bond acceptors (Lipinski definition) is 6. The van der Waals surface area contributed by atoms with Crippen molar-refractivity contribution in [2.75, 3.05) is 20.7 Å². The van der Waals surface area contributed by atoms with Gasteiger partial charge in [-0.25, -0.2) is 9.48 Å². The van der Waals surface area contributed by atoms with Gasteiger partial charge in [-0.15, -0.1) is 5.10 Å². The Morgan fingerprint density at radius 1 is 1.31 bits per heavy atom. The van der Waals surface area contributed by atoms with Gasteiger partial charge in [0.1, 0.15) is 12.3 Å². The summed E-state index contributed by atoms with van der Waals surface area (Å²) in [6, 6.07) is 6.72. The van der Waals surface area contributed by atoms with Crippen LogP contribution in [-0.2, 0) is 22.7 Å². The normalized spacial score (nSPS) is 10.2. The number of nitrogens with one attached hydrogen (secondary N) is 1. The Hall–Kier alpha value is -3.43. The monoisotopic (exact) mass is 361 g/mol. The molecule has 0 radical (unpaired) electrons. The van der Waals surface area contributed by atoms with E-state index in [1.807, 2.05) is 0 Å². The Morgan fingerprint density at radius 2 is 2.08 bits per heavy atom. The first-order chi connectivity index (χ1) is 12.3. The zero-order valence-corrected chi connectivity index (χ0v) is 14.4. The van der Waals surface area contributed by atoms with Crippen LogP contribution in [0, 0.1) is 0 Å². The molecule has 0 saturated carbocycles. The molecule has 2 N–H and O–H groups in total. The van der Waals surface area contributed by atoms with Gasteiger partial charge in [-0.2, -0.15) is 0 Å². The average molecular weight is 361 g/mol. The van der Waals surface area contributed by atoms with Crippen molar-refractivity contribution in [3.05, 3.63) is 41.7 Å². The number of aliphatic carboxylic acids is 1. The lowest BCUT2D eigenvalue weighted by Crippen LogP contribution is -2.26. The highest BCUT2D eigenvalue weighted by Crippen LogP contribution is 2.13. The van der Waals surface area contributed by atoms with Crippen LogP contribution >= 0.6 is 0 Å². The molecule has 0 atom stereocenters. The Balaban J connectivity index is 1.90. The number of aromatic nitrogens is 3. The standard InChI is InChI=1S/C16H19N5O5/c1-20(2)14(22)9-21-8-13(18-19-21)16(25)17-7-11-4-3-5-12(6-11)26-10-15(23)24/h3-6,8H,7,9-10H2,1-2H3,(H,17,25)(H,23,24). The topological polar surface area (TPSA) is 127 Å². The molecule has 1 aromatic carbocycles. The maximum atomic E-state index is 12.1. The van der Waals surface area contributed by atoms with Crippen LogP contribution in [0.3, 0.4) is 0 Å². The molecule has 0 bridgehead atoms. The largest absolute Gasteiger partial charge is 0.482 e. The second-order valence-electron chi connectivity index (χ2n) is 5.60. The lowest BCUT2D eigenvalue weighted by atomic mass is 10.2. The number of likely N-dealkylation sites (N-methyl/N-ethyl adjacent to an activating group) is 1. The molecule has 10 nitrogen and oxygen atoms in total. The predicted octanol–water partition coefficient (Wildman–Crippen LogP) is -0.240. The van der Waals surface area contributed by atoms with Crippen LogP contribution in [0.2, 0.25) is 0 Å². The highest BCUT2D eigenvalue weighted by molar-refractivity contribution is 5.91. The third-order valence-electron chi connectivity index (χ3n) is 3.28. The summed E-state index contributed by atoms with van der Waals surface area (Å²) in [4.78, 5) is 35.7. The highest BCUT2D eigenvalue weighted by atomic mass is 16.5. The van der Waals surface area contributed by atoms with Gasteiger partial charge in [-0.3, -0.25) is 9.59 Å². The fourth-order valence-corrected chi connectivity index (χ4v) is 1.92. The van der Waals surface area contributed by atoms with Gasteiger partial charge in [0.15, 0.2) is 12.3 Å². The number of carboxylic acids is 1. The molecule has 138 valence electrons. The third-order valence-corrected chi connectivity index (χ3v) is 3.28. The van der Waals surface area contributed by atoms with Crippen molar-refractivity contribution in [3.63, 3.8) is 0 Å². The molecular weight excluding hydrogens is 342 g/mol. The molecule has 2 aromatic rings. The van der Waals surface area contributed by atoms with Crippen LogP contribution in [0.15, 0.2) is 30.5 Å². The quantitative estimate of drug-likeness (QED) is 0.664.